The first-order chi connectivity index (χ1) is 13.1. The average Bonchev–Trinajstić information content (AvgIpc) is 3.22. The topological polar surface area (TPSA) is 58.6 Å². The van der Waals surface area contributed by atoms with E-state index in [9.17, 15) is 0 Å². The van der Waals surface area contributed by atoms with Crippen LogP contribution in [0.2, 0.25) is 0 Å². The molecule has 1 N–H and O–H groups in total. The summed E-state index contributed by atoms with van der Waals surface area (Å²) in [5, 5.41) is 3.64. The first kappa shape index (κ1) is 20.8. The summed E-state index contributed by atoms with van der Waals surface area (Å²) in [6.45, 7) is 6.23. The Labute approximate surface area is 164 Å². The Morgan fingerprint density at radius 3 is 2.52 bits per heavy atom. The number of nitrogens with zero attached hydrogens (tertiary/aromatic N) is 3. The van der Waals surface area contributed by atoms with E-state index in [1.807, 2.05) is 7.05 Å². The fourth-order valence-corrected chi connectivity index (χ4v) is 4.36. The fourth-order valence-electron chi connectivity index (χ4n) is 4.36. The molecule has 3 rings (SSSR count). The van der Waals surface area contributed by atoms with E-state index in [0.29, 0.717) is 12.2 Å². The van der Waals surface area contributed by atoms with Gasteiger partial charge in [-0.2, -0.15) is 0 Å². The molecule has 7 heteroatoms. The highest BCUT2D eigenvalue weighted by Gasteiger charge is 2.35. The maximum Gasteiger partial charge on any atom is 0.193 e. The highest BCUT2D eigenvalue weighted by molar-refractivity contribution is 5.80. The Balaban J connectivity index is 1.43. The molecular weight excluding hydrogens is 344 g/mol. The van der Waals surface area contributed by atoms with Gasteiger partial charge in [-0.3, -0.25) is 4.99 Å². The monoisotopic (exact) mass is 382 g/mol. The summed E-state index contributed by atoms with van der Waals surface area (Å²) in [7, 11) is 6.23. The van der Waals surface area contributed by atoms with E-state index in [-0.39, 0.29) is 5.54 Å². The molecule has 7 nitrogen and oxygen atoms in total. The van der Waals surface area contributed by atoms with Gasteiger partial charge in [0, 0.05) is 52.0 Å². The molecule has 3 aliphatic heterocycles. The molecule has 0 aromatic rings. The van der Waals surface area contributed by atoms with Gasteiger partial charge in [-0.1, -0.05) is 0 Å². The molecule has 0 aromatic heterocycles. The normalized spacial score (nSPS) is 27.3. The predicted octanol–water partition coefficient (Wildman–Crippen LogP) is 1.33. The quantitative estimate of drug-likeness (QED) is 0.553. The fraction of sp³-hybridized carbons (Fsp3) is 0.950. The van der Waals surface area contributed by atoms with E-state index in [1.165, 1.54) is 6.42 Å². The summed E-state index contributed by atoms with van der Waals surface area (Å²) in [5.74, 6) is 1.01. The van der Waals surface area contributed by atoms with Crippen molar-refractivity contribution in [3.8, 4) is 0 Å². The van der Waals surface area contributed by atoms with Crippen molar-refractivity contribution in [3.63, 3.8) is 0 Å². The van der Waals surface area contributed by atoms with Crippen molar-refractivity contribution >= 4 is 5.96 Å². The van der Waals surface area contributed by atoms with Crippen molar-refractivity contribution in [2.75, 3.05) is 67.2 Å². The SMILES string of the molecule is CN=C(NCC1(N(C)C)CCOCC1)N1CCC(OCC2CCCO2)CC1. The zero-order valence-corrected chi connectivity index (χ0v) is 17.4. The Morgan fingerprint density at radius 1 is 1.19 bits per heavy atom. The van der Waals surface area contributed by atoms with Crippen LogP contribution < -0.4 is 5.32 Å². The molecule has 0 bridgehead atoms. The van der Waals surface area contributed by atoms with E-state index in [2.05, 4.69) is 34.2 Å². The van der Waals surface area contributed by atoms with Gasteiger partial charge in [-0.05, 0) is 52.6 Å². The van der Waals surface area contributed by atoms with Crippen LogP contribution >= 0.6 is 0 Å². The molecule has 3 heterocycles. The molecule has 1 atom stereocenters. The van der Waals surface area contributed by atoms with Crippen LogP contribution in [0, 0.1) is 0 Å². The van der Waals surface area contributed by atoms with Crippen LogP contribution in [0.5, 0.6) is 0 Å². The van der Waals surface area contributed by atoms with Crippen LogP contribution in [0.1, 0.15) is 38.5 Å². The number of nitrogens with one attached hydrogen (secondary N) is 1. The number of likely N-dealkylation sites (N-methyl/N-ethyl adjacent to an activating group) is 1. The standard InChI is InChI=1S/C20H38N4O3/c1-21-19(22-16-20(23(2)3)8-13-25-14-9-20)24-10-6-17(7-11-24)27-15-18-5-4-12-26-18/h17-18H,4-16H2,1-3H3,(H,21,22). The average molecular weight is 383 g/mol. The molecule has 3 aliphatic rings. The molecule has 0 spiro atoms. The summed E-state index contributed by atoms with van der Waals surface area (Å²) in [4.78, 5) is 9.26. The lowest BCUT2D eigenvalue weighted by Crippen LogP contribution is -2.58. The number of ether oxygens (including phenoxy) is 3. The van der Waals surface area contributed by atoms with Gasteiger partial charge < -0.3 is 29.3 Å². The van der Waals surface area contributed by atoms with E-state index in [4.69, 9.17) is 14.2 Å². The maximum absolute atomic E-state index is 6.10. The lowest BCUT2D eigenvalue weighted by atomic mass is 9.88. The maximum atomic E-state index is 6.10. The van der Waals surface area contributed by atoms with E-state index >= 15 is 0 Å². The molecule has 0 aromatic carbocycles. The summed E-state index contributed by atoms with van der Waals surface area (Å²) in [6.07, 6.45) is 7.22. The summed E-state index contributed by atoms with van der Waals surface area (Å²) in [6, 6.07) is 0. The molecule has 0 saturated carbocycles. The molecule has 0 amide bonds. The van der Waals surface area contributed by atoms with Crippen LogP contribution in [-0.4, -0.2) is 101 Å². The number of piperidine rings is 1. The third-order valence-electron chi connectivity index (χ3n) is 6.44. The summed E-state index contributed by atoms with van der Waals surface area (Å²) < 4.78 is 17.3. The molecule has 3 fully saturated rings. The van der Waals surface area contributed by atoms with Crippen molar-refractivity contribution in [1.29, 1.82) is 0 Å². The number of likely N-dealkylation sites (tertiary alicyclic amines) is 1. The molecule has 0 radical (unpaired) electrons. The Morgan fingerprint density at radius 2 is 1.93 bits per heavy atom. The molecule has 1 unspecified atom stereocenters. The van der Waals surface area contributed by atoms with E-state index in [1.54, 1.807) is 0 Å². The van der Waals surface area contributed by atoms with Crippen LogP contribution in [0.25, 0.3) is 0 Å². The molecule has 3 saturated heterocycles. The first-order valence-corrected chi connectivity index (χ1v) is 10.6. The first-order valence-electron chi connectivity index (χ1n) is 10.6. The van der Waals surface area contributed by atoms with Crippen LogP contribution in [0.4, 0.5) is 0 Å². The van der Waals surface area contributed by atoms with Gasteiger partial charge in [0.15, 0.2) is 5.96 Å². The second kappa shape index (κ2) is 10.0. The second-order valence-corrected chi connectivity index (χ2v) is 8.29. The van der Waals surface area contributed by atoms with Gasteiger partial charge in [-0.25, -0.2) is 0 Å². The van der Waals surface area contributed by atoms with Crippen molar-refractivity contribution in [2.24, 2.45) is 4.99 Å². The lowest BCUT2D eigenvalue weighted by molar-refractivity contribution is -0.0369. The van der Waals surface area contributed by atoms with Gasteiger partial charge in [0.05, 0.1) is 18.8 Å². The summed E-state index contributed by atoms with van der Waals surface area (Å²) >= 11 is 0. The van der Waals surface area contributed by atoms with Gasteiger partial charge in [-0.15, -0.1) is 0 Å². The van der Waals surface area contributed by atoms with Gasteiger partial charge in [0.1, 0.15) is 0 Å². The molecule has 0 aliphatic carbocycles. The van der Waals surface area contributed by atoms with Gasteiger partial charge in [0.2, 0.25) is 0 Å². The highest BCUT2D eigenvalue weighted by Crippen LogP contribution is 2.25. The predicted molar refractivity (Wildman–Crippen MR) is 107 cm³/mol. The zero-order chi connectivity index (χ0) is 19.1. The number of hydrogen-bond acceptors (Lipinski definition) is 5. The molecule has 156 valence electrons. The van der Waals surface area contributed by atoms with E-state index < -0.39 is 0 Å². The number of rotatable bonds is 6. The minimum atomic E-state index is 0.150. The highest BCUT2D eigenvalue weighted by atomic mass is 16.5. The van der Waals surface area contributed by atoms with E-state index in [0.717, 1.165) is 84.1 Å². The third-order valence-corrected chi connectivity index (χ3v) is 6.44. The van der Waals surface area contributed by atoms with Crippen molar-refractivity contribution in [1.82, 2.24) is 15.1 Å². The third kappa shape index (κ3) is 5.56. The minimum absolute atomic E-state index is 0.150. The molecule has 27 heavy (non-hydrogen) atoms. The minimum Gasteiger partial charge on any atom is -0.381 e. The van der Waals surface area contributed by atoms with Crippen molar-refractivity contribution in [2.45, 2.75) is 56.3 Å². The largest absolute Gasteiger partial charge is 0.381 e. The van der Waals surface area contributed by atoms with Crippen molar-refractivity contribution in [3.05, 3.63) is 0 Å². The Bertz CT molecular complexity index is 466. The number of hydrogen-bond donors (Lipinski definition) is 1. The van der Waals surface area contributed by atoms with Gasteiger partial charge in [0.25, 0.3) is 0 Å². The van der Waals surface area contributed by atoms with Gasteiger partial charge >= 0.3 is 0 Å². The van der Waals surface area contributed by atoms with Crippen LogP contribution in [-0.2, 0) is 14.2 Å². The second-order valence-electron chi connectivity index (χ2n) is 8.29. The molecular formula is C20H38N4O3. The van der Waals surface area contributed by atoms with Crippen molar-refractivity contribution < 1.29 is 14.2 Å². The zero-order valence-electron chi connectivity index (χ0n) is 17.4. The van der Waals surface area contributed by atoms with Crippen LogP contribution in [0.15, 0.2) is 4.99 Å². The Kier molecular flexibility index (Phi) is 7.75. The number of aliphatic imine (C=N–C) groups is 1. The summed E-state index contributed by atoms with van der Waals surface area (Å²) in [5.41, 5.74) is 0.150. The number of guanidine groups is 1. The lowest BCUT2D eigenvalue weighted by Gasteiger charge is -2.44. The van der Waals surface area contributed by atoms with Crippen LogP contribution in [0.3, 0.4) is 0 Å². The smallest absolute Gasteiger partial charge is 0.193 e. The Hall–Kier alpha value is -0.890.